The predicted molar refractivity (Wildman–Crippen MR) is 86.5 cm³/mol. The number of hydrogen-bond donors (Lipinski definition) is 2. The summed E-state index contributed by atoms with van der Waals surface area (Å²) in [4.78, 5) is 0. The van der Waals surface area contributed by atoms with Gasteiger partial charge in [-0.1, -0.05) is 30.3 Å². The van der Waals surface area contributed by atoms with Gasteiger partial charge in [0.15, 0.2) is 6.29 Å². The Kier molecular flexibility index (Phi) is 8.73. The Bertz CT molecular complexity index is 471. The summed E-state index contributed by atoms with van der Waals surface area (Å²) in [5.41, 5.74) is 0.949. The average Bonchev–Trinajstić information content (AvgIpc) is 2.65. The predicted octanol–water partition coefficient (Wildman–Crippen LogP) is 0.259. The lowest BCUT2D eigenvalue weighted by Gasteiger charge is -2.43. The number of methoxy groups -OCH3 is 2. The van der Waals surface area contributed by atoms with E-state index in [1.165, 1.54) is 14.2 Å². The number of rotatable bonds is 10. The minimum absolute atomic E-state index is 0.0446. The Labute approximate surface area is 147 Å². The topological polar surface area (TPSA) is 95.8 Å². The molecule has 0 spiro atoms. The molecule has 1 aliphatic heterocycles. The maximum absolute atomic E-state index is 10.6. The average molecular weight is 358 g/mol. The van der Waals surface area contributed by atoms with Crippen LogP contribution < -0.4 is 0 Å². The van der Waals surface area contributed by atoms with Crippen molar-refractivity contribution in [3.8, 4) is 0 Å². The lowest BCUT2D eigenvalue weighted by molar-refractivity contribution is -0.332. The van der Waals surface area contributed by atoms with Gasteiger partial charge < -0.3 is 38.6 Å². The monoisotopic (exact) mass is 358 g/mol. The van der Waals surface area contributed by atoms with Crippen molar-refractivity contribution in [2.24, 2.45) is 0 Å². The standard InChI is InChI=1S/C17H26O8/c1-20-10-23-15-13(8-18)25-17(16(14(15)19)24-11-21-2)22-9-12-6-4-3-5-7-12/h3-7,13-19H,8-11H2,1-2H3/t13-,14+,15-,16+,17-/m1/s1. The third-order valence-corrected chi connectivity index (χ3v) is 3.81. The van der Waals surface area contributed by atoms with Crippen LogP contribution in [0.1, 0.15) is 5.56 Å². The normalized spacial score (nSPS) is 29.7. The minimum atomic E-state index is -1.09. The smallest absolute Gasteiger partial charge is 0.187 e. The van der Waals surface area contributed by atoms with E-state index < -0.39 is 30.7 Å². The second kappa shape index (κ2) is 10.8. The van der Waals surface area contributed by atoms with E-state index in [0.717, 1.165) is 5.56 Å². The van der Waals surface area contributed by atoms with Gasteiger partial charge in [-0.05, 0) is 5.56 Å². The molecule has 5 atom stereocenters. The van der Waals surface area contributed by atoms with Gasteiger partial charge in [-0.3, -0.25) is 0 Å². The first-order valence-corrected chi connectivity index (χ1v) is 8.02. The summed E-state index contributed by atoms with van der Waals surface area (Å²) in [5.74, 6) is 0. The van der Waals surface area contributed by atoms with Crippen molar-refractivity contribution >= 4 is 0 Å². The van der Waals surface area contributed by atoms with Gasteiger partial charge in [-0.15, -0.1) is 0 Å². The van der Waals surface area contributed by atoms with E-state index in [2.05, 4.69) is 0 Å². The zero-order valence-electron chi connectivity index (χ0n) is 14.4. The number of aliphatic hydroxyl groups excluding tert-OH is 2. The van der Waals surface area contributed by atoms with Crippen LogP contribution in [0.15, 0.2) is 30.3 Å². The second-order valence-corrected chi connectivity index (χ2v) is 5.59. The summed E-state index contributed by atoms with van der Waals surface area (Å²) < 4.78 is 32.3. The van der Waals surface area contributed by atoms with Crippen LogP contribution in [-0.2, 0) is 35.0 Å². The number of ether oxygens (including phenoxy) is 6. The van der Waals surface area contributed by atoms with Crippen molar-refractivity contribution in [2.45, 2.75) is 37.3 Å². The van der Waals surface area contributed by atoms with Crippen molar-refractivity contribution in [1.82, 2.24) is 0 Å². The Balaban J connectivity index is 2.06. The molecular formula is C17H26O8. The van der Waals surface area contributed by atoms with Crippen molar-refractivity contribution in [3.05, 3.63) is 35.9 Å². The molecule has 1 heterocycles. The van der Waals surface area contributed by atoms with Crippen LogP contribution in [0, 0.1) is 0 Å². The molecule has 1 aromatic rings. The van der Waals surface area contributed by atoms with Crippen LogP contribution in [0.2, 0.25) is 0 Å². The molecule has 0 amide bonds. The van der Waals surface area contributed by atoms with Gasteiger partial charge in [0.2, 0.25) is 0 Å². The summed E-state index contributed by atoms with van der Waals surface area (Å²) in [6.45, 7) is -0.161. The van der Waals surface area contributed by atoms with Crippen LogP contribution in [0.5, 0.6) is 0 Å². The van der Waals surface area contributed by atoms with Crippen LogP contribution in [-0.4, -0.2) is 75.3 Å². The largest absolute Gasteiger partial charge is 0.394 e. The van der Waals surface area contributed by atoms with Crippen LogP contribution in [0.3, 0.4) is 0 Å². The zero-order valence-corrected chi connectivity index (χ0v) is 14.4. The molecule has 0 radical (unpaired) electrons. The molecule has 1 fully saturated rings. The molecule has 8 nitrogen and oxygen atoms in total. The van der Waals surface area contributed by atoms with Crippen molar-refractivity contribution in [1.29, 1.82) is 0 Å². The quantitative estimate of drug-likeness (QED) is 0.575. The Morgan fingerprint density at radius 2 is 1.60 bits per heavy atom. The molecule has 0 saturated carbocycles. The fourth-order valence-electron chi connectivity index (χ4n) is 2.60. The molecule has 1 aliphatic rings. The first-order valence-electron chi connectivity index (χ1n) is 8.02. The van der Waals surface area contributed by atoms with Crippen molar-refractivity contribution in [2.75, 3.05) is 34.4 Å². The van der Waals surface area contributed by atoms with E-state index in [4.69, 9.17) is 28.4 Å². The maximum atomic E-state index is 10.6. The lowest BCUT2D eigenvalue weighted by atomic mass is 9.99. The van der Waals surface area contributed by atoms with E-state index in [1.54, 1.807) is 0 Å². The summed E-state index contributed by atoms with van der Waals surface area (Å²) in [7, 11) is 2.94. The van der Waals surface area contributed by atoms with E-state index in [1.807, 2.05) is 30.3 Å². The fourth-order valence-corrected chi connectivity index (χ4v) is 2.60. The summed E-state index contributed by atoms with van der Waals surface area (Å²) in [6, 6.07) is 9.55. The molecule has 2 N–H and O–H groups in total. The first-order chi connectivity index (χ1) is 12.2. The van der Waals surface area contributed by atoms with E-state index in [-0.39, 0.29) is 26.8 Å². The van der Waals surface area contributed by atoms with E-state index >= 15 is 0 Å². The van der Waals surface area contributed by atoms with Gasteiger partial charge in [-0.2, -0.15) is 0 Å². The molecule has 0 aromatic heterocycles. The van der Waals surface area contributed by atoms with Gasteiger partial charge in [0.25, 0.3) is 0 Å². The molecular weight excluding hydrogens is 332 g/mol. The summed E-state index contributed by atoms with van der Waals surface area (Å²) in [6.07, 6.45) is -4.40. The van der Waals surface area contributed by atoms with Crippen molar-refractivity contribution < 1.29 is 38.6 Å². The maximum Gasteiger partial charge on any atom is 0.187 e. The van der Waals surface area contributed by atoms with Crippen LogP contribution >= 0.6 is 0 Å². The molecule has 2 rings (SSSR count). The molecule has 8 heteroatoms. The highest BCUT2D eigenvalue weighted by atomic mass is 16.7. The van der Waals surface area contributed by atoms with Gasteiger partial charge in [0, 0.05) is 14.2 Å². The third-order valence-electron chi connectivity index (χ3n) is 3.81. The van der Waals surface area contributed by atoms with Gasteiger partial charge in [0.1, 0.15) is 38.0 Å². The summed E-state index contributed by atoms with van der Waals surface area (Å²) in [5, 5.41) is 20.2. The molecule has 142 valence electrons. The molecule has 0 unspecified atom stereocenters. The summed E-state index contributed by atoms with van der Waals surface area (Å²) >= 11 is 0. The number of benzene rings is 1. The Morgan fingerprint density at radius 3 is 2.20 bits per heavy atom. The van der Waals surface area contributed by atoms with Gasteiger partial charge in [-0.25, -0.2) is 0 Å². The third kappa shape index (κ3) is 5.70. The molecule has 1 aromatic carbocycles. The zero-order chi connectivity index (χ0) is 18.1. The highest BCUT2D eigenvalue weighted by Crippen LogP contribution is 2.27. The highest BCUT2D eigenvalue weighted by Gasteiger charge is 2.47. The SMILES string of the molecule is COCO[C@@H]1[C@H](OCc2ccccc2)O[C@H](CO)[C@@H](OCOC)[C@@H]1O. The van der Waals surface area contributed by atoms with Crippen molar-refractivity contribution in [3.63, 3.8) is 0 Å². The second-order valence-electron chi connectivity index (χ2n) is 5.59. The number of aliphatic hydroxyl groups is 2. The Hall–Kier alpha value is -1.10. The van der Waals surface area contributed by atoms with Crippen LogP contribution in [0.4, 0.5) is 0 Å². The van der Waals surface area contributed by atoms with E-state index in [0.29, 0.717) is 0 Å². The minimum Gasteiger partial charge on any atom is -0.394 e. The molecule has 0 aliphatic carbocycles. The highest BCUT2D eigenvalue weighted by molar-refractivity contribution is 5.13. The van der Waals surface area contributed by atoms with Gasteiger partial charge in [0.05, 0.1) is 13.2 Å². The first kappa shape index (κ1) is 20.2. The molecule has 1 saturated heterocycles. The van der Waals surface area contributed by atoms with E-state index in [9.17, 15) is 10.2 Å². The van der Waals surface area contributed by atoms with Gasteiger partial charge >= 0.3 is 0 Å². The fraction of sp³-hybridized carbons (Fsp3) is 0.647. The Morgan fingerprint density at radius 1 is 0.960 bits per heavy atom. The lowest BCUT2D eigenvalue weighted by Crippen LogP contribution is -2.61. The number of hydrogen-bond acceptors (Lipinski definition) is 8. The molecule has 25 heavy (non-hydrogen) atoms. The van der Waals surface area contributed by atoms with Crippen LogP contribution in [0.25, 0.3) is 0 Å². The molecule has 0 bridgehead atoms.